The summed E-state index contributed by atoms with van der Waals surface area (Å²) in [5, 5.41) is 0. The smallest absolute Gasteiger partial charge is 0.305 e. The molecule has 0 aliphatic heterocycles. The first kappa shape index (κ1) is 44.9. The SMILES string of the molecule is CCCCCCCC/C=C\CCCCCCCCOCC(COCCCCCCCC/C=C\CCCCCCCC)OC(=O)CC. The molecule has 0 radical (unpaired) electrons. The minimum atomic E-state index is -0.296. The van der Waals surface area contributed by atoms with Gasteiger partial charge in [-0.3, -0.25) is 4.79 Å². The van der Waals surface area contributed by atoms with Crippen LogP contribution in [0.25, 0.3) is 0 Å². The summed E-state index contributed by atoms with van der Waals surface area (Å²) >= 11 is 0. The van der Waals surface area contributed by atoms with Gasteiger partial charge in [-0.2, -0.15) is 0 Å². The molecule has 0 amide bonds. The van der Waals surface area contributed by atoms with Crippen molar-refractivity contribution < 1.29 is 19.0 Å². The zero-order valence-corrected chi connectivity index (χ0v) is 31.4. The Morgan fingerprint density at radius 3 is 1.07 bits per heavy atom. The van der Waals surface area contributed by atoms with Gasteiger partial charge in [0.15, 0.2) is 0 Å². The van der Waals surface area contributed by atoms with Gasteiger partial charge >= 0.3 is 5.97 Å². The molecule has 0 aliphatic carbocycles. The molecular weight excluding hydrogens is 568 g/mol. The fourth-order valence-electron chi connectivity index (χ4n) is 5.72. The van der Waals surface area contributed by atoms with Crippen molar-refractivity contribution in [1.82, 2.24) is 0 Å². The number of unbranched alkanes of at least 4 members (excludes halogenated alkanes) is 24. The second-order valence-electron chi connectivity index (χ2n) is 13.5. The summed E-state index contributed by atoms with van der Waals surface area (Å²) in [5.41, 5.74) is 0. The second kappa shape index (κ2) is 40.0. The first-order chi connectivity index (χ1) is 22.7. The lowest BCUT2D eigenvalue weighted by atomic mass is 10.1. The van der Waals surface area contributed by atoms with Gasteiger partial charge in [0, 0.05) is 19.6 Å². The molecule has 0 aromatic rings. The molecule has 0 fully saturated rings. The summed E-state index contributed by atoms with van der Waals surface area (Å²) in [6.45, 7) is 8.73. The molecule has 0 atom stereocenters. The van der Waals surface area contributed by atoms with Gasteiger partial charge in [0.25, 0.3) is 0 Å². The van der Waals surface area contributed by atoms with Crippen LogP contribution in [0.5, 0.6) is 0 Å². The highest BCUT2D eigenvalue weighted by atomic mass is 16.6. The molecular formula is C42H80O4. The summed E-state index contributed by atoms with van der Waals surface area (Å²) in [5.74, 6) is -0.174. The van der Waals surface area contributed by atoms with Crippen molar-refractivity contribution in [1.29, 1.82) is 0 Å². The van der Waals surface area contributed by atoms with Crippen LogP contribution in [0, 0.1) is 0 Å². The highest BCUT2D eigenvalue weighted by Gasteiger charge is 2.14. The van der Waals surface area contributed by atoms with E-state index >= 15 is 0 Å². The van der Waals surface area contributed by atoms with Crippen LogP contribution in [0.4, 0.5) is 0 Å². The Bertz CT molecular complexity index is 598. The van der Waals surface area contributed by atoms with Crippen LogP contribution in [-0.4, -0.2) is 38.5 Å². The van der Waals surface area contributed by atoms with E-state index in [4.69, 9.17) is 14.2 Å². The Balaban J connectivity index is 3.61. The highest BCUT2D eigenvalue weighted by Crippen LogP contribution is 2.12. The molecule has 0 heterocycles. The molecule has 0 spiro atoms. The molecule has 4 heteroatoms. The van der Waals surface area contributed by atoms with E-state index in [1.165, 1.54) is 167 Å². The molecule has 0 N–H and O–H groups in total. The van der Waals surface area contributed by atoms with Crippen molar-refractivity contribution in [3.63, 3.8) is 0 Å². The molecule has 272 valence electrons. The molecule has 0 saturated heterocycles. The Morgan fingerprint density at radius 2 is 0.739 bits per heavy atom. The van der Waals surface area contributed by atoms with Crippen LogP contribution in [0.15, 0.2) is 24.3 Å². The van der Waals surface area contributed by atoms with Crippen molar-refractivity contribution in [2.24, 2.45) is 0 Å². The molecule has 0 aliphatic rings. The van der Waals surface area contributed by atoms with Gasteiger partial charge in [-0.05, 0) is 64.2 Å². The van der Waals surface area contributed by atoms with Crippen LogP contribution in [0.2, 0.25) is 0 Å². The quantitative estimate of drug-likeness (QED) is 0.0380. The molecule has 0 unspecified atom stereocenters. The highest BCUT2D eigenvalue weighted by molar-refractivity contribution is 5.69. The number of esters is 1. The summed E-state index contributed by atoms with van der Waals surface area (Å²) < 4.78 is 17.3. The molecule has 0 aromatic carbocycles. The van der Waals surface area contributed by atoms with Gasteiger partial charge in [-0.15, -0.1) is 0 Å². The molecule has 46 heavy (non-hydrogen) atoms. The first-order valence-corrected chi connectivity index (χ1v) is 20.4. The van der Waals surface area contributed by atoms with E-state index in [1.54, 1.807) is 0 Å². The number of hydrogen-bond donors (Lipinski definition) is 0. The predicted octanol–water partition coefficient (Wildman–Crippen LogP) is 13.4. The first-order valence-electron chi connectivity index (χ1n) is 20.4. The van der Waals surface area contributed by atoms with Crippen molar-refractivity contribution in [2.75, 3.05) is 26.4 Å². The van der Waals surface area contributed by atoms with Gasteiger partial charge in [0.2, 0.25) is 0 Å². The number of hydrogen-bond acceptors (Lipinski definition) is 4. The second-order valence-corrected chi connectivity index (χ2v) is 13.5. The third-order valence-electron chi connectivity index (χ3n) is 8.80. The van der Waals surface area contributed by atoms with Crippen molar-refractivity contribution in [2.45, 2.75) is 213 Å². The number of rotatable bonds is 38. The summed E-state index contributed by atoms with van der Waals surface area (Å²) in [6.07, 6.45) is 46.3. The molecule has 0 saturated carbocycles. The van der Waals surface area contributed by atoms with E-state index in [0.29, 0.717) is 19.6 Å². The lowest BCUT2D eigenvalue weighted by Crippen LogP contribution is -2.28. The fourth-order valence-corrected chi connectivity index (χ4v) is 5.72. The van der Waals surface area contributed by atoms with E-state index in [-0.39, 0.29) is 12.1 Å². The fraction of sp³-hybridized carbons (Fsp3) is 0.881. The van der Waals surface area contributed by atoms with Crippen LogP contribution >= 0.6 is 0 Å². The van der Waals surface area contributed by atoms with E-state index in [0.717, 1.165) is 26.1 Å². The predicted molar refractivity (Wildman–Crippen MR) is 201 cm³/mol. The summed E-state index contributed by atoms with van der Waals surface area (Å²) in [4.78, 5) is 11.9. The zero-order chi connectivity index (χ0) is 33.4. The Labute approximate surface area is 288 Å². The number of allylic oxidation sites excluding steroid dienone is 4. The summed E-state index contributed by atoms with van der Waals surface area (Å²) in [7, 11) is 0. The number of ether oxygens (including phenoxy) is 3. The Kier molecular flexibility index (Phi) is 39.1. The maximum atomic E-state index is 11.9. The third-order valence-corrected chi connectivity index (χ3v) is 8.80. The van der Waals surface area contributed by atoms with Crippen LogP contribution in [0.1, 0.15) is 207 Å². The van der Waals surface area contributed by atoms with Gasteiger partial charge in [0.05, 0.1) is 13.2 Å². The maximum Gasteiger partial charge on any atom is 0.305 e. The van der Waals surface area contributed by atoms with Crippen LogP contribution in [0.3, 0.4) is 0 Å². The number of carbonyl (C=O) groups is 1. The zero-order valence-electron chi connectivity index (χ0n) is 31.4. The minimum absolute atomic E-state index is 0.174. The number of carbonyl (C=O) groups excluding carboxylic acids is 1. The van der Waals surface area contributed by atoms with Gasteiger partial charge in [0.1, 0.15) is 6.10 Å². The topological polar surface area (TPSA) is 44.8 Å². The van der Waals surface area contributed by atoms with E-state index < -0.39 is 0 Å². The lowest BCUT2D eigenvalue weighted by Gasteiger charge is -2.18. The molecule has 0 bridgehead atoms. The standard InChI is InChI=1S/C42H80O4/c1-4-7-9-11-13-15-17-19-21-23-25-27-29-31-33-35-37-44-39-41(46-42(43)6-3)40-45-38-36-34-32-30-28-26-24-22-20-18-16-14-12-10-8-5-2/h19-22,41H,4-18,23-40H2,1-3H3/b21-19-,22-20-. The average molecular weight is 649 g/mol. The van der Waals surface area contributed by atoms with Crippen molar-refractivity contribution in [3.05, 3.63) is 24.3 Å². The molecule has 0 aromatic heterocycles. The molecule has 0 rings (SSSR count). The largest absolute Gasteiger partial charge is 0.457 e. The summed E-state index contributed by atoms with van der Waals surface area (Å²) in [6, 6.07) is 0. The Morgan fingerprint density at radius 1 is 0.435 bits per heavy atom. The average Bonchev–Trinajstić information content (AvgIpc) is 3.06. The maximum absolute atomic E-state index is 11.9. The Hall–Kier alpha value is -1.13. The van der Waals surface area contributed by atoms with Crippen molar-refractivity contribution >= 4 is 5.97 Å². The van der Waals surface area contributed by atoms with E-state index in [9.17, 15) is 4.79 Å². The van der Waals surface area contributed by atoms with E-state index in [2.05, 4.69) is 38.2 Å². The third kappa shape index (κ3) is 37.3. The van der Waals surface area contributed by atoms with Gasteiger partial charge < -0.3 is 14.2 Å². The van der Waals surface area contributed by atoms with E-state index in [1.807, 2.05) is 6.92 Å². The van der Waals surface area contributed by atoms with Crippen molar-refractivity contribution in [3.8, 4) is 0 Å². The van der Waals surface area contributed by atoms with Crippen LogP contribution < -0.4 is 0 Å². The minimum Gasteiger partial charge on any atom is -0.457 e. The normalized spacial score (nSPS) is 11.9. The molecule has 4 nitrogen and oxygen atoms in total. The monoisotopic (exact) mass is 649 g/mol. The van der Waals surface area contributed by atoms with Crippen LogP contribution in [-0.2, 0) is 19.0 Å². The van der Waals surface area contributed by atoms with Gasteiger partial charge in [-0.25, -0.2) is 0 Å². The van der Waals surface area contributed by atoms with Gasteiger partial charge in [-0.1, -0.05) is 161 Å². The lowest BCUT2D eigenvalue weighted by molar-refractivity contribution is -0.155.